The second-order valence-electron chi connectivity index (χ2n) is 9.61. The number of amides is 3. The fourth-order valence-corrected chi connectivity index (χ4v) is 4.39. The minimum absolute atomic E-state index is 0.0876. The van der Waals surface area contributed by atoms with E-state index in [1.165, 1.54) is 15.5 Å². The van der Waals surface area contributed by atoms with Crippen LogP contribution < -0.4 is 20.9 Å². The second kappa shape index (κ2) is 13.8. The van der Waals surface area contributed by atoms with Crippen molar-refractivity contribution in [3.8, 4) is 5.75 Å². The predicted octanol–water partition coefficient (Wildman–Crippen LogP) is 2.85. The number of fused-ring (bicyclic) bond motifs is 1. The molecule has 1 aliphatic rings. The third-order valence-electron chi connectivity index (χ3n) is 6.04. The maximum absolute atomic E-state index is 13.0. The quantitative estimate of drug-likeness (QED) is 0.617. The molecule has 0 fully saturated rings. The van der Waals surface area contributed by atoms with Gasteiger partial charge >= 0.3 is 0 Å². The molecule has 9 nitrogen and oxygen atoms in total. The van der Waals surface area contributed by atoms with E-state index in [0.717, 1.165) is 0 Å². The fourth-order valence-electron chi connectivity index (χ4n) is 4.22. The summed E-state index contributed by atoms with van der Waals surface area (Å²) in [5.74, 6) is -0.102. The van der Waals surface area contributed by atoms with Crippen LogP contribution in [-0.4, -0.2) is 59.5 Å². The van der Waals surface area contributed by atoms with Gasteiger partial charge in [-0.1, -0.05) is 31.5 Å². The summed E-state index contributed by atoms with van der Waals surface area (Å²) >= 11 is 6.12. The van der Waals surface area contributed by atoms with Crippen LogP contribution in [0.15, 0.2) is 47.4 Å². The Kier molecular flexibility index (Phi) is 10.6. The number of carbonyl (C=O) groups is 3. The third kappa shape index (κ3) is 8.93. The molecule has 0 saturated heterocycles. The van der Waals surface area contributed by atoms with Crippen molar-refractivity contribution in [1.82, 2.24) is 20.1 Å². The number of aryl methyl sites for hydroxylation is 1. The van der Waals surface area contributed by atoms with E-state index in [0.29, 0.717) is 48.7 Å². The summed E-state index contributed by atoms with van der Waals surface area (Å²) in [4.78, 5) is 52.3. The summed E-state index contributed by atoms with van der Waals surface area (Å²) in [6, 6.07) is 9.40. The van der Waals surface area contributed by atoms with Crippen molar-refractivity contribution in [2.75, 3.05) is 26.2 Å². The molecule has 0 aliphatic carbocycles. The van der Waals surface area contributed by atoms with Crippen molar-refractivity contribution in [2.45, 2.75) is 52.1 Å². The van der Waals surface area contributed by atoms with E-state index < -0.39 is 0 Å². The normalized spacial score (nSPS) is 17.6. The van der Waals surface area contributed by atoms with Gasteiger partial charge in [0.25, 0.3) is 11.5 Å². The summed E-state index contributed by atoms with van der Waals surface area (Å²) in [7, 11) is 0. The number of nitrogens with one attached hydrogen (secondary N) is 2. The van der Waals surface area contributed by atoms with Gasteiger partial charge in [-0.3, -0.25) is 19.2 Å². The number of hydrogen-bond donors (Lipinski definition) is 2. The van der Waals surface area contributed by atoms with Crippen LogP contribution in [0.4, 0.5) is 0 Å². The molecule has 1 aromatic heterocycles. The van der Waals surface area contributed by atoms with Gasteiger partial charge in [-0.05, 0) is 49.4 Å². The molecule has 0 saturated carbocycles. The third-order valence-corrected chi connectivity index (χ3v) is 6.28. The van der Waals surface area contributed by atoms with Crippen LogP contribution in [0.5, 0.6) is 5.75 Å². The first-order valence-corrected chi connectivity index (χ1v) is 13.0. The largest absolute Gasteiger partial charge is 0.491 e. The number of benzene rings is 1. The Labute approximate surface area is 222 Å². The van der Waals surface area contributed by atoms with E-state index >= 15 is 0 Å². The van der Waals surface area contributed by atoms with Gasteiger partial charge in [-0.2, -0.15) is 0 Å². The van der Waals surface area contributed by atoms with Crippen LogP contribution in [0.2, 0.25) is 5.02 Å². The zero-order chi connectivity index (χ0) is 26.8. The number of ether oxygens (including phenoxy) is 1. The summed E-state index contributed by atoms with van der Waals surface area (Å²) in [6.45, 7) is 5.16. The van der Waals surface area contributed by atoms with Gasteiger partial charge in [0.1, 0.15) is 12.4 Å². The van der Waals surface area contributed by atoms with Crippen LogP contribution >= 0.6 is 11.6 Å². The van der Waals surface area contributed by atoms with E-state index in [2.05, 4.69) is 10.6 Å². The minimum Gasteiger partial charge on any atom is -0.491 e. The molecule has 2 N–H and O–H groups in total. The van der Waals surface area contributed by atoms with Gasteiger partial charge in [-0.15, -0.1) is 0 Å². The van der Waals surface area contributed by atoms with Crippen molar-refractivity contribution >= 4 is 29.3 Å². The molecule has 200 valence electrons. The molecule has 1 aromatic carbocycles. The molecule has 0 unspecified atom stereocenters. The van der Waals surface area contributed by atoms with Crippen molar-refractivity contribution in [2.24, 2.45) is 5.92 Å². The zero-order valence-corrected chi connectivity index (χ0v) is 22.1. The Bertz CT molecular complexity index is 1150. The number of carbonyl (C=O) groups excluding carboxylic acids is 3. The number of hydrogen-bond acceptors (Lipinski definition) is 5. The van der Waals surface area contributed by atoms with Crippen LogP contribution in [-0.2, 0) is 16.1 Å². The van der Waals surface area contributed by atoms with Crippen molar-refractivity contribution in [1.29, 1.82) is 0 Å². The molecule has 2 heterocycles. The summed E-state index contributed by atoms with van der Waals surface area (Å²) in [6.07, 6.45) is 3.60. The maximum Gasteiger partial charge on any atom is 0.255 e. The average Bonchev–Trinajstić information content (AvgIpc) is 2.85. The Morgan fingerprint density at radius 2 is 1.97 bits per heavy atom. The zero-order valence-electron chi connectivity index (χ0n) is 21.4. The monoisotopic (exact) mass is 530 g/mol. The molecular weight excluding hydrogens is 496 g/mol. The van der Waals surface area contributed by atoms with E-state index in [-0.39, 0.29) is 61.4 Å². The van der Waals surface area contributed by atoms with E-state index in [1.807, 2.05) is 13.8 Å². The number of pyridine rings is 1. The first kappa shape index (κ1) is 28.2. The summed E-state index contributed by atoms with van der Waals surface area (Å²) in [5.41, 5.74) is 0.157. The Morgan fingerprint density at radius 3 is 2.73 bits per heavy atom. The van der Waals surface area contributed by atoms with Crippen molar-refractivity contribution in [3.05, 3.63) is 63.5 Å². The van der Waals surface area contributed by atoms with Gasteiger partial charge in [0, 0.05) is 43.3 Å². The highest BCUT2D eigenvalue weighted by Crippen LogP contribution is 2.23. The Morgan fingerprint density at radius 1 is 1.16 bits per heavy atom. The van der Waals surface area contributed by atoms with Crippen LogP contribution in [0.25, 0.3) is 0 Å². The Hall–Kier alpha value is -3.33. The number of nitrogens with zero attached hydrogens (tertiary/aromatic N) is 2. The molecule has 1 atom stereocenters. The molecule has 3 rings (SSSR count). The smallest absolute Gasteiger partial charge is 0.255 e. The topological polar surface area (TPSA) is 110 Å². The van der Waals surface area contributed by atoms with Gasteiger partial charge in [0.2, 0.25) is 11.8 Å². The molecule has 1 aliphatic heterocycles. The van der Waals surface area contributed by atoms with Crippen LogP contribution in [0.3, 0.4) is 0 Å². The SMILES string of the molecule is CC(C)C[C@@H]1COc2ccc(Cl)cc2C(=O)NCCCCN(C(=O)CCn2ccccc2=O)CC(=O)N1. The molecule has 10 heteroatoms. The minimum atomic E-state index is -0.316. The highest BCUT2D eigenvalue weighted by Gasteiger charge is 2.22. The Balaban J connectivity index is 1.75. The van der Waals surface area contributed by atoms with Crippen LogP contribution in [0, 0.1) is 5.92 Å². The van der Waals surface area contributed by atoms with Gasteiger partial charge in [0.05, 0.1) is 18.2 Å². The number of rotatable bonds is 5. The lowest BCUT2D eigenvalue weighted by Crippen LogP contribution is -2.47. The lowest BCUT2D eigenvalue weighted by Gasteiger charge is -2.25. The molecular formula is C27H35ClN4O5. The van der Waals surface area contributed by atoms with Gasteiger partial charge < -0.3 is 24.8 Å². The van der Waals surface area contributed by atoms with Gasteiger partial charge in [-0.25, -0.2) is 0 Å². The second-order valence-corrected chi connectivity index (χ2v) is 10.0. The predicted molar refractivity (Wildman–Crippen MR) is 142 cm³/mol. The van der Waals surface area contributed by atoms with E-state index in [4.69, 9.17) is 16.3 Å². The molecule has 0 radical (unpaired) electrons. The first-order chi connectivity index (χ1) is 17.7. The van der Waals surface area contributed by atoms with Crippen molar-refractivity contribution < 1.29 is 19.1 Å². The fraction of sp³-hybridized carbons (Fsp3) is 0.481. The molecule has 2 aromatic rings. The average molecular weight is 531 g/mol. The lowest BCUT2D eigenvalue weighted by atomic mass is 10.0. The first-order valence-electron chi connectivity index (χ1n) is 12.7. The van der Waals surface area contributed by atoms with Crippen LogP contribution in [0.1, 0.15) is 49.9 Å². The van der Waals surface area contributed by atoms with Gasteiger partial charge in [0.15, 0.2) is 0 Å². The highest BCUT2D eigenvalue weighted by molar-refractivity contribution is 6.31. The van der Waals surface area contributed by atoms with E-state index in [1.54, 1.807) is 36.5 Å². The lowest BCUT2D eigenvalue weighted by molar-refractivity contribution is -0.136. The maximum atomic E-state index is 13.0. The highest BCUT2D eigenvalue weighted by atomic mass is 35.5. The molecule has 0 bridgehead atoms. The summed E-state index contributed by atoms with van der Waals surface area (Å²) < 4.78 is 7.45. The van der Waals surface area contributed by atoms with Crippen molar-refractivity contribution in [3.63, 3.8) is 0 Å². The number of halogens is 1. The molecule has 37 heavy (non-hydrogen) atoms. The summed E-state index contributed by atoms with van der Waals surface area (Å²) in [5, 5.41) is 6.31. The number of aromatic nitrogens is 1. The van der Waals surface area contributed by atoms with E-state index in [9.17, 15) is 19.2 Å². The molecule has 3 amide bonds. The molecule has 0 spiro atoms. The standard InChI is InChI=1S/C27H35ClN4O5/c1-19(2)15-21-18-37-23-9-8-20(28)16-22(23)27(36)29-11-4-6-13-32(17-24(33)30-21)26(35)10-14-31-12-5-3-7-25(31)34/h3,5,7-9,12,16,19,21H,4,6,10-11,13-15,17-18H2,1-2H3,(H,29,36)(H,30,33)/t21-/m1/s1.